The molecule has 2 aliphatic rings. The predicted molar refractivity (Wildman–Crippen MR) is 122 cm³/mol. The molecule has 1 saturated carbocycles. The Kier molecular flexibility index (Phi) is 10.9. The molecule has 1 N–H and O–H groups in total. The van der Waals surface area contributed by atoms with E-state index in [-0.39, 0.29) is 36.5 Å². The van der Waals surface area contributed by atoms with Crippen LogP contribution in [0.5, 0.6) is 5.75 Å². The number of benzene rings is 1. The SMILES string of the molecule is CC[C@@H]1CN(CC(c2cccc(OC(F)(F)F)c2)C2(O)CCCCC2)CCN1C.Cl.Cl. The third-order valence-corrected chi connectivity index (χ3v) is 6.64. The Morgan fingerprint density at radius 1 is 1.16 bits per heavy atom. The second-order valence-corrected chi connectivity index (χ2v) is 8.64. The van der Waals surface area contributed by atoms with Crippen LogP contribution in [0.25, 0.3) is 0 Å². The topological polar surface area (TPSA) is 35.9 Å². The lowest BCUT2D eigenvalue weighted by atomic mass is 9.72. The highest BCUT2D eigenvalue weighted by molar-refractivity contribution is 5.85. The Morgan fingerprint density at radius 2 is 1.84 bits per heavy atom. The normalized spacial score (nSPS) is 23.4. The molecule has 1 aliphatic carbocycles. The van der Waals surface area contributed by atoms with E-state index < -0.39 is 12.0 Å². The maximum Gasteiger partial charge on any atom is 0.573 e. The van der Waals surface area contributed by atoms with E-state index >= 15 is 0 Å². The van der Waals surface area contributed by atoms with E-state index in [1.165, 1.54) is 12.1 Å². The maximum atomic E-state index is 12.7. The number of hydrogen-bond acceptors (Lipinski definition) is 4. The second-order valence-electron chi connectivity index (χ2n) is 8.64. The van der Waals surface area contributed by atoms with Crippen LogP contribution in [-0.4, -0.2) is 66.1 Å². The zero-order valence-electron chi connectivity index (χ0n) is 18.2. The van der Waals surface area contributed by atoms with Crippen LogP contribution in [0.4, 0.5) is 13.2 Å². The van der Waals surface area contributed by atoms with Crippen LogP contribution < -0.4 is 4.74 Å². The van der Waals surface area contributed by atoms with Crippen LogP contribution in [0.2, 0.25) is 0 Å². The Hall–Kier alpha value is -0.730. The van der Waals surface area contributed by atoms with Crippen molar-refractivity contribution in [2.24, 2.45) is 0 Å². The van der Waals surface area contributed by atoms with E-state index in [4.69, 9.17) is 0 Å². The molecule has 2 atom stereocenters. The van der Waals surface area contributed by atoms with Gasteiger partial charge in [0.2, 0.25) is 0 Å². The van der Waals surface area contributed by atoms with E-state index in [0.717, 1.165) is 50.9 Å². The van der Waals surface area contributed by atoms with Crippen molar-refractivity contribution in [2.75, 3.05) is 33.2 Å². The van der Waals surface area contributed by atoms with Crippen molar-refractivity contribution in [3.8, 4) is 5.75 Å². The van der Waals surface area contributed by atoms with Crippen molar-refractivity contribution in [1.29, 1.82) is 0 Å². The maximum absolute atomic E-state index is 12.7. The average Bonchev–Trinajstić information content (AvgIpc) is 2.66. The third kappa shape index (κ3) is 7.67. The van der Waals surface area contributed by atoms with Gasteiger partial charge in [0.15, 0.2) is 0 Å². The molecular formula is C22H35Cl2F3N2O2. The molecule has 1 aromatic carbocycles. The first kappa shape index (κ1) is 28.3. The van der Waals surface area contributed by atoms with Gasteiger partial charge in [0.1, 0.15) is 5.75 Å². The summed E-state index contributed by atoms with van der Waals surface area (Å²) < 4.78 is 42.3. The zero-order chi connectivity index (χ0) is 21.1. The Bertz CT molecular complexity index is 672. The fourth-order valence-corrected chi connectivity index (χ4v) is 4.90. The number of hydrogen-bond donors (Lipinski definition) is 1. The number of rotatable bonds is 6. The van der Waals surface area contributed by atoms with Gasteiger partial charge in [-0.15, -0.1) is 38.0 Å². The lowest BCUT2D eigenvalue weighted by Gasteiger charge is -2.45. The molecule has 0 amide bonds. The minimum absolute atomic E-state index is 0. The van der Waals surface area contributed by atoms with Crippen molar-refractivity contribution < 1.29 is 23.0 Å². The minimum Gasteiger partial charge on any atom is -0.406 e. The van der Waals surface area contributed by atoms with Crippen LogP contribution in [0, 0.1) is 0 Å². The number of ether oxygens (including phenoxy) is 1. The first-order valence-corrected chi connectivity index (χ1v) is 10.7. The summed E-state index contributed by atoms with van der Waals surface area (Å²) in [6, 6.07) is 6.66. The van der Waals surface area contributed by atoms with Gasteiger partial charge in [-0.05, 0) is 44.0 Å². The standard InChI is InChI=1S/C22H33F3N2O2.2ClH/c1-3-18-15-27(13-12-26(18)2)16-20(21(28)10-5-4-6-11-21)17-8-7-9-19(14-17)29-22(23,24)25;;/h7-9,14,18,20,28H,3-6,10-13,15-16H2,1-2H3;2*1H/t18-,20?;;/m1../s1. The quantitative estimate of drug-likeness (QED) is 0.596. The van der Waals surface area contributed by atoms with Crippen LogP contribution in [0.15, 0.2) is 24.3 Å². The molecule has 180 valence electrons. The van der Waals surface area contributed by atoms with Crippen LogP contribution >= 0.6 is 24.8 Å². The summed E-state index contributed by atoms with van der Waals surface area (Å²) in [6.45, 7) is 5.60. The first-order chi connectivity index (χ1) is 13.7. The zero-order valence-corrected chi connectivity index (χ0v) is 19.9. The summed E-state index contributed by atoms with van der Waals surface area (Å²) in [5.41, 5.74) is -0.164. The van der Waals surface area contributed by atoms with Gasteiger partial charge >= 0.3 is 6.36 Å². The smallest absolute Gasteiger partial charge is 0.406 e. The molecule has 4 nitrogen and oxygen atoms in total. The van der Waals surface area contributed by atoms with Gasteiger partial charge in [-0.1, -0.05) is 38.3 Å². The molecule has 9 heteroatoms. The molecule has 1 unspecified atom stereocenters. The molecule has 1 saturated heterocycles. The Labute approximate surface area is 195 Å². The van der Waals surface area contributed by atoms with E-state index in [1.54, 1.807) is 6.07 Å². The fourth-order valence-electron chi connectivity index (χ4n) is 4.90. The van der Waals surface area contributed by atoms with Crippen molar-refractivity contribution in [3.63, 3.8) is 0 Å². The Balaban J connectivity index is 0.00000240. The summed E-state index contributed by atoms with van der Waals surface area (Å²) in [5.74, 6) is -0.454. The molecule has 0 radical (unpaired) electrons. The monoisotopic (exact) mass is 486 g/mol. The number of likely N-dealkylation sites (N-methyl/N-ethyl adjacent to an activating group) is 1. The van der Waals surface area contributed by atoms with Gasteiger partial charge in [-0.2, -0.15) is 0 Å². The minimum atomic E-state index is -4.72. The lowest BCUT2D eigenvalue weighted by Crippen LogP contribution is -2.54. The summed E-state index contributed by atoms with van der Waals surface area (Å²) >= 11 is 0. The molecule has 1 aliphatic heterocycles. The van der Waals surface area contributed by atoms with Crippen molar-refractivity contribution in [2.45, 2.75) is 69.4 Å². The summed E-state index contributed by atoms with van der Waals surface area (Å²) in [5, 5.41) is 11.5. The van der Waals surface area contributed by atoms with Gasteiger partial charge in [-0.25, -0.2) is 0 Å². The number of alkyl halides is 3. The molecular weight excluding hydrogens is 452 g/mol. The number of nitrogens with zero attached hydrogens (tertiary/aromatic N) is 2. The summed E-state index contributed by atoms with van der Waals surface area (Å²) in [4.78, 5) is 4.72. The van der Waals surface area contributed by atoms with E-state index in [9.17, 15) is 18.3 Å². The van der Waals surface area contributed by atoms with Gasteiger partial charge in [0, 0.05) is 38.1 Å². The summed E-state index contributed by atoms with van der Waals surface area (Å²) in [6.07, 6.45) is 0.704. The largest absolute Gasteiger partial charge is 0.573 e. The molecule has 1 aromatic rings. The first-order valence-electron chi connectivity index (χ1n) is 10.7. The van der Waals surface area contributed by atoms with Gasteiger partial charge in [0.05, 0.1) is 5.60 Å². The van der Waals surface area contributed by atoms with Crippen LogP contribution in [0.1, 0.15) is 56.9 Å². The molecule has 0 bridgehead atoms. The molecule has 3 rings (SSSR count). The lowest BCUT2D eigenvalue weighted by molar-refractivity contribution is -0.274. The van der Waals surface area contributed by atoms with E-state index in [0.29, 0.717) is 25.4 Å². The van der Waals surface area contributed by atoms with Crippen LogP contribution in [-0.2, 0) is 0 Å². The van der Waals surface area contributed by atoms with Crippen molar-refractivity contribution in [3.05, 3.63) is 29.8 Å². The predicted octanol–water partition coefficient (Wildman–Crippen LogP) is 5.23. The third-order valence-electron chi connectivity index (χ3n) is 6.64. The molecule has 0 spiro atoms. The number of aliphatic hydroxyl groups is 1. The Morgan fingerprint density at radius 3 is 2.45 bits per heavy atom. The van der Waals surface area contributed by atoms with Gasteiger partial charge < -0.3 is 14.7 Å². The highest BCUT2D eigenvalue weighted by atomic mass is 35.5. The highest BCUT2D eigenvalue weighted by Crippen LogP contribution is 2.41. The fraction of sp³-hybridized carbons (Fsp3) is 0.727. The molecule has 1 heterocycles. The molecule has 31 heavy (non-hydrogen) atoms. The van der Waals surface area contributed by atoms with E-state index in [1.807, 2.05) is 6.07 Å². The molecule has 0 aromatic heterocycles. The highest BCUT2D eigenvalue weighted by Gasteiger charge is 2.41. The van der Waals surface area contributed by atoms with Gasteiger partial charge in [0.25, 0.3) is 0 Å². The van der Waals surface area contributed by atoms with Crippen molar-refractivity contribution in [1.82, 2.24) is 9.80 Å². The van der Waals surface area contributed by atoms with Crippen molar-refractivity contribution >= 4 is 24.8 Å². The second kappa shape index (κ2) is 11.9. The summed E-state index contributed by atoms with van der Waals surface area (Å²) in [7, 11) is 2.13. The molecule has 2 fully saturated rings. The number of halogens is 5. The van der Waals surface area contributed by atoms with Gasteiger partial charge in [-0.3, -0.25) is 4.90 Å². The average molecular weight is 487 g/mol. The van der Waals surface area contributed by atoms with E-state index in [2.05, 4.69) is 28.5 Å². The van der Waals surface area contributed by atoms with Crippen LogP contribution in [0.3, 0.4) is 0 Å². The number of piperazine rings is 1.